The standard InChI is InChI=1S/C23H34N2O5/c1-6-16(2)18(19(26)27)24-20(28)23(17-10-8-7-9-11-17)12-14-25(15-13-23)21(29)30-22(3,4)5/h7-11,16,18H,6,12-15H2,1-5H3,(H,24,28)(H,26,27)/t16-,18-/m0/s1. The fourth-order valence-electron chi connectivity index (χ4n) is 3.76. The minimum Gasteiger partial charge on any atom is -0.480 e. The van der Waals surface area contributed by atoms with Crippen LogP contribution < -0.4 is 5.32 Å². The highest BCUT2D eigenvalue weighted by molar-refractivity contribution is 5.92. The summed E-state index contributed by atoms with van der Waals surface area (Å²) in [6, 6.07) is 8.45. The lowest BCUT2D eigenvalue weighted by molar-refractivity contribution is -0.144. The Morgan fingerprint density at radius 3 is 2.20 bits per heavy atom. The monoisotopic (exact) mass is 418 g/mol. The van der Waals surface area contributed by atoms with Crippen molar-refractivity contribution in [2.45, 2.75) is 70.9 Å². The largest absolute Gasteiger partial charge is 0.480 e. The molecule has 7 nitrogen and oxygen atoms in total. The Morgan fingerprint density at radius 1 is 1.17 bits per heavy atom. The second kappa shape index (κ2) is 9.49. The number of amides is 2. The number of nitrogens with zero attached hydrogens (tertiary/aromatic N) is 1. The van der Waals surface area contributed by atoms with Crippen LogP contribution in [0.15, 0.2) is 30.3 Å². The SMILES string of the molecule is CC[C@H](C)[C@H](NC(=O)C1(c2ccccc2)CCN(C(=O)OC(C)(C)C)CC1)C(=O)O. The number of nitrogens with one attached hydrogen (secondary N) is 1. The smallest absolute Gasteiger partial charge is 0.410 e. The molecule has 1 aromatic rings. The van der Waals surface area contributed by atoms with E-state index in [1.807, 2.05) is 65.0 Å². The molecule has 1 aliphatic rings. The van der Waals surface area contributed by atoms with Crippen LogP contribution in [0.2, 0.25) is 0 Å². The highest BCUT2D eigenvalue weighted by Gasteiger charge is 2.45. The Hall–Kier alpha value is -2.57. The molecule has 7 heteroatoms. The molecule has 0 unspecified atom stereocenters. The van der Waals surface area contributed by atoms with E-state index in [2.05, 4.69) is 5.32 Å². The number of piperidine rings is 1. The molecule has 30 heavy (non-hydrogen) atoms. The van der Waals surface area contributed by atoms with E-state index in [9.17, 15) is 19.5 Å². The van der Waals surface area contributed by atoms with Gasteiger partial charge in [-0.1, -0.05) is 50.6 Å². The molecule has 1 saturated heterocycles. The Labute approximate surface area is 178 Å². The minimum atomic E-state index is -1.04. The van der Waals surface area contributed by atoms with Gasteiger partial charge < -0.3 is 20.1 Å². The van der Waals surface area contributed by atoms with E-state index in [0.29, 0.717) is 32.4 Å². The van der Waals surface area contributed by atoms with E-state index < -0.39 is 29.1 Å². The average molecular weight is 419 g/mol. The van der Waals surface area contributed by atoms with Crippen LogP contribution in [0.4, 0.5) is 4.79 Å². The number of hydrogen-bond acceptors (Lipinski definition) is 4. The van der Waals surface area contributed by atoms with E-state index >= 15 is 0 Å². The van der Waals surface area contributed by atoms with Gasteiger partial charge in [0.1, 0.15) is 11.6 Å². The van der Waals surface area contributed by atoms with Gasteiger partial charge in [-0.05, 0) is 45.1 Å². The topological polar surface area (TPSA) is 95.9 Å². The number of benzene rings is 1. The second-order valence-corrected chi connectivity index (χ2v) is 9.09. The molecule has 2 rings (SSSR count). The molecule has 1 fully saturated rings. The molecular weight excluding hydrogens is 384 g/mol. The molecule has 2 atom stereocenters. The Kier molecular flexibility index (Phi) is 7.50. The van der Waals surface area contributed by atoms with Crippen molar-refractivity contribution < 1.29 is 24.2 Å². The molecular formula is C23H34N2O5. The maximum absolute atomic E-state index is 13.5. The molecule has 0 aromatic heterocycles. The molecule has 2 amide bonds. The van der Waals surface area contributed by atoms with Crippen LogP contribution in [0.1, 0.15) is 59.4 Å². The summed E-state index contributed by atoms with van der Waals surface area (Å²) < 4.78 is 5.46. The predicted molar refractivity (Wildman–Crippen MR) is 114 cm³/mol. The Bertz CT molecular complexity index is 749. The van der Waals surface area contributed by atoms with Crippen LogP contribution in [0.3, 0.4) is 0 Å². The summed E-state index contributed by atoms with van der Waals surface area (Å²) in [5, 5.41) is 12.4. The number of carbonyl (C=O) groups excluding carboxylic acids is 2. The van der Waals surface area contributed by atoms with E-state index in [4.69, 9.17) is 4.74 Å². The Morgan fingerprint density at radius 2 is 1.73 bits per heavy atom. The highest BCUT2D eigenvalue weighted by Crippen LogP contribution is 2.36. The number of hydrogen-bond donors (Lipinski definition) is 2. The van der Waals surface area contributed by atoms with Crippen molar-refractivity contribution in [3.63, 3.8) is 0 Å². The van der Waals surface area contributed by atoms with Crippen LogP contribution >= 0.6 is 0 Å². The third-order valence-electron chi connectivity index (χ3n) is 5.80. The number of ether oxygens (including phenoxy) is 1. The van der Waals surface area contributed by atoms with Crippen molar-refractivity contribution in [1.29, 1.82) is 0 Å². The highest BCUT2D eigenvalue weighted by atomic mass is 16.6. The molecule has 0 spiro atoms. The van der Waals surface area contributed by atoms with Gasteiger partial charge in [0.05, 0.1) is 5.41 Å². The molecule has 1 aromatic carbocycles. The van der Waals surface area contributed by atoms with Crippen molar-refractivity contribution in [2.75, 3.05) is 13.1 Å². The summed E-state index contributed by atoms with van der Waals surface area (Å²) in [5.74, 6) is -1.53. The summed E-state index contributed by atoms with van der Waals surface area (Å²) in [6.07, 6.45) is 1.04. The third-order valence-corrected chi connectivity index (χ3v) is 5.80. The van der Waals surface area contributed by atoms with Gasteiger partial charge in [-0.3, -0.25) is 4.79 Å². The van der Waals surface area contributed by atoms with Crippen LogP contribution in [-0.2, 0) is 19.7 Å². The number of aliphatic carboxylic acids is 1. The minimum absolute atomic E-state index is 0.193. The first kappa shape index (κ1) is 23.7. The molecule has 166 valence electrons. The van der Waals surface area contributed by atoms with Crippen LogP contribution in [0, 0.1) is 5.92 Å². The van der Waals surface area contributed by atoms with Crippen molar-refractivity contribution in [3.8, 4) is 0 Å². The molecule has 0 aliphatic carbocycles. The van der Waals surface area contributed by atoms with Crippen molar-refractivity contribution in [3.05, 3.63) is 35.9 Å². The zero-order valence-electron chi connectivity index (χ0n) is 18.6. The first-order valence-corrected chi connectivity index (χ1v) is 10.6. The number of carbonyl (C=O) groups is 3. The lowest BCUT2D eigenvalue weighted by Gasteiger charge is -2.42. The van der Waals surface area contributed by atoms with Gasteiger partial charge in [-0.2, -0.15) is 0 Å². The van der Waals surface area contributed by atoms with Gasteiger partial charge in [-0.15, -0.1) is 0 Å². The summed E-state index contributed by atoms with van der Waals surface area (Å²) in [7, 11) is 0. The molecule has 0 saturated carbocycles. The molecule has 0 bridgehead atoms. The number of carboxylic acid groups (broad SMARTS) is 1. The van der Waals surface area contributed by atoms with E-state index in [1.165, 1.54) is 0 Å². The predicted octanol–water partition coefficient (Wildman–Crippen LogP) is 3.57. The summed E-state index contributed by atoms with van der Waals surface area (Å²) in [6.45, 7) is 9.89. The van der Waals surface area contributed by atoms with Gasteiger partial charge >= 0.3 is 12.1 Å². The summed E-state index contributed by atoms with van der Waals surface area (Å²) in [4.78, 5) is 39.3. The van der Waals surface area contributed by atoms with Crippen LogP contribution in [-0.4, -0.2) is 52.7 Å². The van der Waals surface area contributed by atoms with Gasteiger partial charge in [0, 0.05) is 13.1 Å². The fraction of sp³-hybridized carbons (Fsp3) is 0.609. The molecule has 1 heterocycles. The van der Waals surface area contributed by atoms with E-state index in [-0.39, 0.29) is 11.8 Å². The average Bonchev–Trinajstić information content (AvgIpc) is 2.70. The number of likely N-dealkylation sites (tertiary alicyclic amines) is 1. The van der Waals surface area contributed by atoms with Crippen LogP contribution in [0.5, 0.6) is 0 Å². The van der Waals surface area contributed by atoms with Gasteiger partial charge in [0.15, 0.2) is 0 Å². The van der Waals surface area contributed by atoms with Crippen molar-refractivity contribution >= 4 is 18.0 Å². The Balaban J connectivity index is 2.26. The zero-order valence-corrected chi connectivity index (χ0v) is 18.6. The van der Waals surface area contributed by atoms with Crippen molar-refractivity contribution in [2.24, 2.45) is 5.92 Å². The van der Waals surface area contributed by atoms with Crippen molar-refractivity contribution in [1.82, 2.24) is 10.2 Å². The second-order valence-electron chi connectivity index (χ2n) is 9.09. The van der Waals surface area contributed by atoms with E-state index in [0.717, 1.165) is 5.56 Å². The van der Waals surface area contributed by atoms with E-state index in [1.54, 1.807) is 4.90 Å². The summed E-state index contributed by atoms with van der Waals surface area (Å²) >= 11 is 0. The number of rotatable bonds is 6. The quantitative estimate of drug-likeness (QED) is 0.736. The first-order chi connectivity index (χ1) is 14.0. The van der Waals surface area contributed by atoms with Gasteiger partial charge in [0.2, 0.25) is 5.91 Å². The fourth-order valence-corrected chi connectivity index (χ4v) is 3.76. The lowest BCUT2D eigenvalue weighted by atomic mass is 9.71. The van der Waals surface area contributed by atoms with Gasteiger partial charge in [-0.25, -0.2) is 9.59 Å². The summed E-state index contributed by atoms with van der Waals surface area (Å²) in [5.41, 5.74) is -0.645. The maximum Gasteiger partial charge on any atom is 0.410 e. The van der Waals surface area contributed by atoms with Crippen LogP contribution in [0.25, 0.3) is 0 Å². The number of carboxylic acids is 1. The normalized spacial score (nSPS) is 18.2. The van der Waals surface area contributed by atoms with Gasteiger partial charge in [0.25, 0.3) is 0 Å². The zero-order chi connectivity index (χ0) is 22.5. The maximum atomic E-state index is 13.5. The first-order valence-electron chi connectivity index (χ1n) is 10.6. The molecule has 1 aliphatic heterocycles. The third kappa shape index (κ3) is 5.52. The lowest BCUT2D eigenvalue weighted by Crippen LogP contribution is -2.57. The molecule has 0 radical (unpaired) electrons. The molecule has 2 N–H and O–H groups in total.